The fraction of sp³-hybridized carbons (Fsp3) is 0.235. The Morgan fingerprint density at radius 2 is 2.00 bits per heavy atom. The van der Waals surface area contributed by atoms with Crippen molar-refractivity contribution in [3.8, 4) is 11.8 Å². The molecule has 22 heavy (non-hydrogen) atoms. The first-order valence-electron chi connectivity index (χ1n) is 6.93. The maximum absolute atomic E-state index is 10.6. The Bertz CT molecular complexity index is 690. The largest absolute Gasteiger partial charge is 0.494 e. The Hall–Kier alpha value is -2.87. The van der Waals surface area contributed by atoms with Gasteiger partial charge in [-0.2, -0.15) is 5.26 Å². The molecule has 1 atom stereocenters. The number of nitro groups is 1. The van der Waals surface area contributed by atoms with Crippen molar-refractivity contribution >= 4 is 5.69 Å². The number of ether oxygens (including phenoxy) is 1. The molecule has 0 aliphatic carbocycles. The smallest absolute Gasteiger partial charge is 0.269 e. The Labute approximate surface area is 128 Å². The van der Waals surface area contributed by atoms with E-state index in [-0.39, 0.29) is 11.6 Å². The third kappa shape index (κ3) is 4.06. The van der Waals surface area contributed by atoms with Crippen molar-refractivity contribution in [2.24, 2.45) is 0 Å². The molecule has 5 nitrogen and oxygen atoms in total. The molecule has 0 saturated carbocycles. The zero-order chi connectivity index (χ0) is 15.9. The van der Waals surface area contributed by atoms with Gasteiger partial charge in [0.15, 0.2) is 0 Å². The monoisotopic (exact) mass is 296 g/mol. The first-order chi connectivity index (χ1) is 10.6. The van der Waals surface area contributed by atoms with Gasteiger partial charge in [0.1, 0.15) is 5.75 Å². The number of rotatable bonds is 6. The van der Waals surface area contributed by atoms with Gasteiger partial charge in [0.25, 0.3) is 5.69 Å². The molecule has 5 heteroatoms. The van der Waals surface area contributed by atoms with E-state index in [0.29, 0.717) is 13.0 Å². The molecule has 0 heterocycles. The number of nitrogens with zero attached hydrogens (tertiary/aromatic N) is 2. The first-order valence-corrected chi connectivity index (χ1v) is 6.93. The molecule has 0 aliphatic heterocycles. The summed E-state index contributed by atoms with van der Waals surface area (Å²) in [5.41, 5.74) is 1.90. The van der Waals surface area contributed by atoms with Gasteiger partial charge >= 0.3 is 0 Å². The van der Waals surface area contributed by atoms with Crippen LogP contribution in [0.2, 0.25) is 0 Å². The van der Waals surface area contributed by atoms with Gasteiger partial charge in [-0.3, -0.25) is 10.1 Å². The molecule has 0 spiro atoms. The van der Waals surface area contributed by atoms with Crippen LogP contribution in [0.4, 0.5) is 5.69 Å². The highest BCUT2D eigenvalue weighted by molar-refractivity contribution is 5.36. The minimum atomic E-state index is -0.452. The van der Waals surface area contributed by atoms with Gasteiger partial charge in [-0.1, -0.05) is 24.3 Å². The molecule has 0 amide bonds. The molecule has 0 bridgehead atoms. The van der Waals surface area contributed by atoms with Crippen molar-refractivity contribution in [1.82, 2.24) is 0 Å². The van der Waals surface area contributed by atoms with Crippen molar-refractivity contribution in [3.63, 3.8) is 0 Å². The standard InChI is InChI=1S/C17H16N2O3/c1-13-3-2-4-17(11-13)22-10-9-15(12-18)14-5-7-16(8-6-14)19(20)21/h2-8,11,15H,9-10H2,1H3. The molecular weight excluding hydrogens is 280 g/mol. The summed E-state index contributed by atoms with van der Waals surface area (Å²) in [7, 11) is 0. The van der Waals surface area contributed by atoms with E-state index in [9.17, 15) is 15.4 Å². The van der Waals surface area contributed by atoms with Crippen LogP contribution in [0.25, 0.3) is 0 Å². The molecule has 2 rings (SSSR count). The number of hydrogen-bond donors (Lipinski definition) is 0. The van der Waals surface area contributed by atoms with Crippen LogP contribution in [0.1, 0.15) is 23.5 Å². The zero-order valence-electron chi connectivity index (χ0n) is 12.2. The minimum Gasteiger partial charge on any atom is -0.494 e. The average molecular weight is 296 g/mol. The highest BCUT2D eigenvalue weighted by Gasteiger charge is 2.13. The highest BCUT2D eigenvalue weighted by atomic mass is 16.6. The van der Waals surface area contributed by atoms with Crippen LogP contribution in [0, 0.1) is 28.4 Å². The second-order valence-corrected chi connectivity index (χ2v) is 4.98. The van der Waals surface area contributed by atoms with Gasteiger partial charge in [-0.25, -0.2) is 0 Å². The van der Waals surface area contributed by atoms with E-state index in [1.807, 2.05) is 31.2 Å². The van der Waals surface area contributed by atoms with E-state index < -0.39 is 4.92 Å². The van der Waals surface area contributed by atoms with Gasteiger partial charge in [0.05, 0.1) is 23.5 Å². The van der Waals surface area contributed by atoms with E-state index in [1.165, 1.54) is 12.1 Å². The molecule has 0 saturated heterocycles. The van der Waals surface area contributed by atoms with E-state index in [4.69, 9.17) is 4.74 Å². The van der Waals surface area contributed by atoms with Crippen LogP contribution in [-0.2, 0) is 0 Å². The summed E-state index contributed by atoms with van der Waals surface area (Å²) >= 11 is 0. The third-order valence-electron chi connectivity index (χ3n) is 3.33. The summed E-state index contributed by atoms with van der Waals surface area (Å²) in [6.07, 6.45) is 0.530. The maximum atomic E-state index is 10.6. The predicted octanol–water partition coefficient (Wildman–Crippen LogP) is 3.98. The SMILES string of the molecule is Cc1cccc(OCCC(C#N)c2ccc([N+](=O)[O-])cc2)c1. The van der Waals surface area contributed by atoms with Crippen molar-refractivity contribution in [2.75, 3.05) is 6.61 Å². The number of nitro benzene ring substituents is 1. The van der Waals surface area contributed by atoms with E-state index in [0.717, 1.165) is 16.9 Å². The van der Waals surface area contributed by atoms with Crippen LogP contribution < -0.4 is 4.74 Å². The summed E-state index contributed by atoms with van der Waals surface area (Å²) in [6, 6.07) is 16.0. The van der Waals surface area contributed by atoms with E-state index in [1.54, 1.807) is 12.1 Å². The lowest BCUT2D eigenvalue weighted by Gasteiger charge is -2.11. The average Bonchev–Trinajstić information content (AvgIpc) is 2.52. The van der Waals surface area contributed by atoms with Crippen LogP contribution in [0.3, 0.4) is 0 Å². The van der Waals surface area contributed by atoms with Crippen molar-refractivity contribution < 1.29 is 9.66 Å². The summed E-state index contributed by atoms with van der Waals surface area (Å²) < 4.78 is 5.64. The lowest BCUT2D eigenvalue weighted by Crippen LogP contribution is -2.04. The Balaban J connectivity index is 1.95. The number of hydrogen-bond acceptors (Lipinski definition) is 4. The van der Waals surface area contributed by atoms with Gasteiger partial charge in [0.2, 0.25) is 0 Å². The summed E-state index contributed by atoms with van der Waals surface area (Å²) in [4.78, 5) is 10.2. The molecule has 112 valence electrons. The first kappa shape index (κ1) is 15.5. The molecular formula is C17H16N2O3. The second kappa shape index (κ2) is 7.23. The van der Waals surface area contributed by atoms with Crippen molar-refractivity contribution in [1.29, 1.82) is 5.26 Å². The van der Waals surface area contributed by atoms with Crippen LogP contribution in [0.5, 0.6) is 5.75 Å². The Morgan fingerprint density at radius 1 is 1.27 bits per heavy atom. The number of non-ortho nitro benzene ring substituents is 1. The van der Waals surface area contributed by atoms with Gasteiger partial charge in [-0.15, -0.1) is 0 Å². The van der Waals surface area contributed by atoms with Gasteiger partial charge < -0.3 is 4.74 Å². The van der Waals surface area contributed by atoms with Gasteiger partial charge in [-0.05, 0) is 30.2 Å². The van der Waals surface area contributed by atoms with Crippen LogP contribution >= 0.6 is 0 Å². The summed E-state index contributed by atoms with van der Waals surface area (Å²) in [6.45, 7) is 2.40. The molecule has 0 N–H and O–H groups in total. The third-order valence-corrected chi connectivity index (χ3v) is 3.33. The van der Waals surface area contributed by atoms with E-state index in [2.05, 4.69) is 6.07 Å². The fourth-order valence-corrected chi connectivity index (χ4v) is 2.13. The Kier molecular flexibility index (Phi) is 5.10. The normalized spacial score (nSPS) is 11.5. The number of nitriles is 1. The molecule has 2 aromatic carbocycles. The zero-order valence-corrected chi connectivity index (χ0v) is 12.2. The van der Waals surface area contributed by atoms with E-state index >= 15 is 0 Å². The summed E-state index contributed by atoms with van der Waals surface area (Å²) in [5, 5.41) is 19.9. The minimum absolute atomic E-state index is 0.0245. The van der Waals surface area contributed by atoms with Crippen LogP contribution in [0.15, 0.2) is 48.5 Å². The maximum Gasteiger partial charge on any atom is 0.269 e. The second-order valence-electron chi connectivity index (χ2n) is 4.98. The molecule has 0 aliphatic rings. The topological polar surface area (TPSA) is 76.2 Å². The molecule has 2 aromatic rings. The quantitative estimate of drug-likeness (QED) is 0.596. The highest BCUT2D eigenvalue weighted by Crippen LogP contribution is 2.22. The lowest BCUT2D eigenvalue weighted by molar-refractivity contribution is -0.384. The molecule has 0 fully saturated rings. The number of aryl methyl sites for hydroxylation is 1. The summed E-state index contributed by atoms with van der Waals surface area (Å²) in [5.74, 6) is 0.436. The molecule has 1 unspecified atom stereocenters. The molecule has 0 aromatic heterocycles. The van der Waals surface area contributed by atoms with Crippen molar-refractivity contribution in [3.05, 3.63) is 69.8 Å². The van der Waals surface area contributed by atoms with Crippen LogP contribution in [-0.4, -0.2) is 11.5 Å². The van der Waals surface area contributed by atoms with Crippen molar-refractivity contribution in [2.45, 2.75) is 19.3 Å². The predicted molar refractivity (Wildman–Crippen MR) is 82.7 cm³/mol. The Morgan fingerprint density at radius 3 is 2.59 bits per heavy atom. The number of benzene rings is 2. The fourth-order valence-electron chi connectivity index (χ4n) is 2.13. The molecule has 0 radical (unpaired) electrons. The van der Waals surface area contributed by atoms with Gasteiger partial charge in [0, 0.05) is 18.6 Å². The lowest BCUT2D eigenvalue weighted by atomic mass is 9.97.